The topological polar surface area (TPSA) is 17.3 Å². The molecule has 0 atom stereocenters. The maximum atomic E-state index is 4.88. The van der Waals surface area contributed by atoms with Crippen molar-refractivity contribution in [2.24, 2.45) is 0 Å². The molecule has 0 radical (unpaired) electrons. The van der Waals surface area contributed by atoms with Gasteiger partial charge in [-0.1, -0.05) is 140 Å². The van der Waals surface area contributed by atoms with Crippen molar-refractivity contribution in [1.29, 1.82) is 0 Å². The van der Waals surface area contributed by atoms with E-state index in [1.54, 1.807) is 0 Å². The zero-order valence-electron chi connectivity index (χ0n) is 26.1. The summed E-state index contributed by atoms with van der Waals surface area (Å²) in [7, 11) is 0. The van der Waals surface area contributed by atoms with Crippen LogP contribution in [0.5, 0.6) is 0 Å². The van der Waals surface area contributed by atoms with Gasteiger partial charge in [0.1, 0.15) is 5.65 Å². The quantitative estimate of drug-likeness (QED) is 0.191. The lowest BCUT2D eigenvalue weighted by Gasteiger charge is -2.31. The molecule has 2 heteroatoms. The zero-order valence-corrected chi connectivity index (χ0v) is 26.1. The molecule has 9 aromatic rings. The molecule has 2 aromatic heterocycles. The lowest BCUT2D eigenvalue weighted by atomic mass is 9.70. The molecule has 0 amide bonds. The molecule has 7 aromatic carbocycles. The Hall–Kier alpha value is -6.25. The first-order valence-electron chi connectivity index (χ1n) is 16.6. The van der Waals surface area contributed by atoms with E-state index in [1.807, 2.05) is 24.4 Å². The van der Waals surface area contributed by atoms with E-state index >= 15 is 0 Å². The van der Waals surface area contributed by atoms with Crippen molar-refractivity contribution in [2.75, 3.05) is 0 Å². The minimum atomic E-state index is -0.419. The molecule has 0 fully saturated rings. The highest BCUT2D eigenvalue weighted by Crippen LogP contribution is 2.65. The highest BCUT2D eigenvalue weighted by Gasteiger charge is 2.52. The van der Waals surface area contributed by atoms with Crippen LogP contribution in [-0.4, -0.2) is 9.38 Å². The summed E-state index contributed by atoms with van der Waals surface area (Å²) in [5.74, 6) is 0. The van der Waals surface area contributed by atoms with E-state index in [-0.39, 0.29) is 0 Å². The molecule has 0 saturated carbocycles. The molecular formula is C46H28N2. The summed E-state index contributed by atoms with van der Waals surface area (Å²) in [6, 6.07) is 58.4. The van der Waals surface area contributed by atoms with Crippen LogP contribution in [0, 0.1) is 0 Å². The zero-order chi connectivity index (χ0) is 31.4. The number of hydrogen-bond donors (Lipinski definition) is 0. The highest BCUT2D eigenvalue weighted by atomic mass is 15.0. The van der Waals surface area contributed by atoms with E-state index in [2.05, 4.69) is 150 Å². The normalized spacial score (nSPS) is 13.6. The maximum absolute atomic E-state index is 4.88. The second-order valence-electron chi connectivity index (χ2n) is 13.1. The first kappa shape index (κ1) is 25.9. The van der Waals surface area contributed by atoms with Crippen LogP contribution in [0.25, 0.3) is 71.8 Å². The molecule has 2 nitrogen and oxygen atoms in total. The fraction of sp³-hybridized carbons (Fsp3) is 0.0217. The minimum absolute atomic E-state index is 0.419. The van der Waals surface area contributed by atoms with Crippen LogP contribution >= 0.6 is 0 Å². The number of fused-ring (bicyclic) bond motifs is 15. The van der Waals surface area contributed by atoms with Gasteiger partial charge >= 0.3 is 0 Å². The summed E-state index contributed by atoms with van der Waals surface area (Å²) in [5.41, 5.74) is 15.9. The van der Waals surface area contributed by atoms with Crippen LogP contribution in [0.1, 0.15) is 22.3 Å². The Morgan fingerprint density at radius 3 is 1.83 bits per heavy atom. The Morgan fingerprint density at radius 1 is 0.438 bits per heavy atom. The Bertz CT molecular complexity index is 2700. The Labute approximate surface area is 278 Å². The molecule has 1 spiro atoms. The number of hydrogen-bond acceptors (Lipinski definition) is 1. The molecule has 222 valence electrons. The average molecular weight is 609 g/mol. The molecule has 0 aliphatic heterocycles. The maximum Gasteiger partial charge on any atom is 0.137 e. The fourth-order valence-corrected chi connectivity index (χ4v) is 8.89. The van der Waals surface area contributed by atoms with Crippen LogP contribution in [-0.2, 0) is 5.41 Å². The van der Waals surface area contributed by atoms with Crippen molar-refractivity contribution in [2.45, 2.75) is 5.41 Å². The van der Waals surface area contributed by atoms with E-state index in [1.165, 1.54) is 77.2 Å². The van der Waals surface area contributed by atoms with Crippen LogP contribution in [0.2, 0.25) is 0 Å². The highest BCUT2D eigenvalue weighted by molar-refractivity contribution is 6.16. The van der Waals surface area contributed by atoms with E-state index < -0.39 is 5.41 Å². The monoisotopic (exact) mass is 608 g/mol. The number of rotatable bonds is 2. The van der Waals surface area contributed by atoms with Crippen LogP contribution in [0.15, 0.2) is 170 Å². The summed E-state index contributed by atoms with van der Waals surface area (Å²) >= 11 is 0. The van der Waals surface area contributed by atoms with Crippen LogP contribution in [0.4, 0.5) is 0 Å². The third-order valence-electron chi connectivity index (χ3n) is 10.8. The van der Waals surface area contributed by atoms with E-state index in [4.69, 9.17) is 4.98 Å². The molecular weight excluding hydrogens is 581 g/mol. The predicted octanol–water partition coefficient (Wildman–Crippen LogP) is 11.3. The van der Waals surface area contributed by atoms with Crippen molar-refractivity contribution in [1.82, 2.24) is 9.38 Å². The predicted molar refractivity (Wildman–Crippen MR) is 197 cm³/mol. The Morgan fingerprint density at radius 2 is 1.06 bits per heavy atom. The van der Waals surface area contributed by atoms with Gasteiger partial charge < -0.3 is 4.40 Å². The summed E-state index contributed by atoms with van der Waals surface area (Å²) < 4.78 is 2.08. The SMILES string of the molecule is c1ccc2c(c1)-c1ccccc1C21c2ccc3ccccc3c2-c2c1cc(-c1ccc(-c3cn4ccccc4n3)cc1)c1ccccc21. The lowest BCUT2D eigenvalue weighted by Crippen LogP contribution is -2.26. The average Bonchev–Trinajstić information content (AvgIpc) is 3.82. The number of nitrogens with zero attached hydrogens (tertiary/aromatic N) is 2. The second kappa shape index (κ2) is 9.40. The summed E-state index contributed by atoms with van der Waals surface area (Å²) in [6.45, 7) is 0. The largest absolute Gasteiger partial charge is 0.306 e. The van der Waals surface area contributed by atoms with Crippen molar-refractivity contribution in [3.63, 3.8) is 0 Å². The van der Waals surface area contributed by atoms with Gasteiger partial charge in [-0.15, -0.1) is 0 Å². The molecule has 2 heterocycles. The number of benzene rings is 7. The molecule has 11 rings (SSSR count). The van der Waals surface area contributed by atoms with Crippen molar-refractivity contribution < 1.29 is 0 Å². The number of imidazole rings is 1. The standard InChI is InChI=1S/C46H28N2/c1-2-12-32-29(11-1)24-25-40-44(32)45-36-16-4-3-13-33(36)37(30-20-22-31(23-21-30)42-28-48-26-10-9-19-43(48)47-42)27-41(45)46(40)38-17-7-5-14-34(38)35-15-6-8-18-39(35)46/h1-28H. The van der Waals surface area contributed by atoms with Gasteiger partial charge in [0, 0.05) is 18.0 Å². The van der Waals surface area contributed by atoms with Gasteiger partial charge in [-0.25, -0.2) is 4.98 Å². The number of pyridine rings is 1. The van der Waals surface area contributed by atoms with Gasteiger partial charge in [0.15, 0.2) is 0 Å². The van der Waals surface area contributed by atoms with Gasteiger partial charge in [0.2, 0.25) is 0 Å². The fourth-order valence-electron chi connectivity index (χ4n) is 8.89. The van der Waals surface area contributed by atoms with E-state index in [0.717, 1.165) is 16.9 Å². The van der Waals surface area contributed by atoms with Gasteiger partial charge in [0.05, 0.1) is 11.1 Å². The third kappa shape index (κ3) is 3.24. The summed E-state index contributed by atoms with van der Waals surface area (Å²) in [6.07, 6.45) is 4.16. The molecule has 0 N–H and O–H groups in total. The van der Waals surface area contributed by atoms with Gasteiger partial charge in [-0.05, 0) is 95.4 Å². The van der Waals surface area contributed by atoms with Gasteiger partial charge in [-0.2, -0.15) is 0 Å². The van der Waals surface area contributed by atoms with Gasteiger partial charge in [-0.3, -0.25) is 0 Å². The molecule has 48 heavy (non-hydrogen) atoms. The van der Waals surface area contributed by atoms with Crippen molar-refractivity contribution in [3.8, 4) is 44.6 Å². The molecule has 0 bridgehead atoms. The van der Waals surface area contributed by atoms with Crippen molar-refractivity contribution >= 4 is 27.2 Å². The lowest BCUT2D eigenvalue weighted by molar-refractivity contribution is 0.795. The summed E-state index contributed by atoms with van der Waals surface area (Å²) in [5, 5.41) is 5.15. The Kier molecular flexibility index (Phi) is 5.07. The molecule has 0 unspecified atom stereocenters. The third-order valence-corrected chi connectivity index (χ3v) is 10.8. The number of aromatic nitrogens is 2. The molecule has 0 saturated heterocycles. The second-order valence-corrected chi connectivity index (χ2v) is 13.1. The van der Waals surface area contributed by atoms with Crippen LogP contribution in [0.3, 0.4) is 0 Å². The van der Waals surface area contributed by atoms with E-state index in [9.17, 15) is 0 Å². The molecule has 2 aliphatic rings. The van der Waals surface area contributed by atoms with E-state index in [0.29, 0.717) is 0 Å². The smallest absolute Gasteiger partial charge is 0.137 e. The van der Waals surface area contributed by atoms with Gasteiger partial charge in [0.25, 0.3) is 0 Å². The van der Waals surface area contributed by atoms with Crippen LogP contribution < -0.4 is 0 Å². The minimum Gasteiger partial charge on any atom is -0.306 e. The Balaban J connectivity index is 1.23. The van der Waals surface area contributed by atoms with Crippen molar-refractivity contribution in [3.05, 3.63) is 192 Å². The first-order valence-corrected chi connectivity index (χ1v) is 16.6. The molecule has 2 aliphatic carbocycles. The summed E-state index contributed by atoms with van der Waals surface area (Å²) in [4.78, 5) is 4.88. The first-order chi connectivity index (χ1) is 23.8.